The monoisotopic (exact) mass is 422 g/mol. The first-order valence-corrected chi connectivity index (χ1v) is 10.7. The van der Waals surface area contributed by atoms with Gasteiger partial charge < -0.3 is 9.84 Å². The zero-order chi connectivity index (χ0) is 22.1. The van der Waals surface area contributed by atoms with Crippen LogP contribution in [0.15, 0.2) is 83.4 Å². The van der Waals surface area contributed by atoms with Gasteiger partial charge in [0.1, 0.15) is 23.9 Å². The fourth-order valence-corrected chi connectivity index (χ4v) is 3.80. The van der Waals surface area contributed by atoms with Gasteiger partial charge in [0.05, 0.1) is 0 Å². The molecule has 0 spiro atoms. The van der Waals surface area contributed by atoms with Crippen molar-refractivity contribution in [2.24, 2.45) is 10.9 Å². The minimum atomic E-state index is -0.154. The van der Waals surface area contributed by atoms with E-state index in [4.69, 9.17) is 4.74 Å². The number of hydrogen-bond acceptors (Lipinski definition) is 4. The van der Waals surface area contributed by atoms with Crippen molar-refractivity contribution in [3.63, 3.8) is 0 Å². The van der Waals surface area contributed by atoms with E-state index >= 15 is 0 Å². The number of aliphatic hydroxyl groups excluding tert-OH is 1. The minimum Gasteiger partial charge on any atom is -0.509 e. The lowest BCUT2D eigenvalue weighted by Crippen LogP contribution is -2.29. The summed E-state index contributed by atoms with van der Waals surface area (Å²) in [5, 5.41) is 9.24. The maximum Gasteiger partial charge on any atom is 0.144 e. The number of nitrogens with zero attached hydrogens (tertiary/aromatic N) is 2. The molecule has 1 atom stereocenters. The summed E-state index contributed by atoms with van der Waals surface area (Å²) in [7, 11) is 1.79. The Labute approximate surface area is 184 Å². The molecule has 1 aliphatic carbocycles. The summed E-state index contributed by atoms with van der Waals surface area (Å²) in [6.07, 6.45) is 15.8. The molecule has 0 saturated carbocycles. The highest BCUT2D eigenvalue weighted by atomic mass is 19.1. The van der Waals surface area contributed by atoms with Crippen LogP contribution in [-0.4, -0.2) is 49.5 Å². The summed E-state index contributed by atoms with van der Waals surface area (Å²) < 4.78 is 18.7. The van der Waals surface area contributed by atoms with Crippen LogP contribution >= 0.6 is 0 Å². The molecular weight excluding hydrogens is 391 g/mol. The first-order chi connectivity index (χ1) is 15.0. The van der Waals surface area contributed by atoms with Gasteiger partial charge in [-0.15, -0.1) is 0 Å². The smallest absolute Gasteiger partial charge is 0.144 e. The Hall–Kier alpha value is -2.92. The summed E-state index contributed by atoms with van der Waals surface area (Å²) in [4.78, 5) is 6.66. The van der Waals surface area contributed by atoms with Crippen LogP contribution in [0, 0.1) is 5.92 Å². The molecule has 1 heterocycles. The zero-order valence-electron chi connectivity index (χ0n) is 18.1. The number of aliphatic imine (C=N–C) groups is 1. The highest BCUT2D eigenvalue weighted by Crippen LogP contribution is 2.23. The van der Waals surface area contributed by atoms with Crippen LogP contribution in [0.1, 0.15) is 17.5 Å². The molecule has 0 fully saturated rings. The number of hydrogen-bond donors (Lipinski definition) is 1. The molecule has 164 valence electrons. The second-order valence-corrected chi connectivity index (χ2v) is 7.92. The highest BCUT2D eigenvalue weighted by Gasteiger charge is 2.15. The van der Waals surface area contributed by atoms with E-state index in [1.165, 1.54) is 17.2 Å². The Morgan fingerprint density at radius 3 is 2.84 bits per heavy atom. The van der Waals surface area contributed by atoms with Crippen LogP contribution in [0.4, 0.5) is 4.39 Å². The van der Waals surface area contributed by atoms with Crippen LogP contribution in [0.5, 0.6) is 5.75 Å². The third-order valence-electron chi connectivity index (χ3n) is 5.44. The van der Waals surface area contributed by atoms with Crippen molar-refractivity contribution in [1.82, 2.24) is 4.90 Å². The lowest BCUT2D eigenvalue weighted by Gasteiger charge is -2.20. The fourth-order valence-electron chi connectivity index (χ4n) is 3.80. The normalized spacial score (nSPS) is 20.0. The van der Waals surface area contributed by atoms with Gasteiger partial charge in [-0.3, -0.25) is 9.89 Å². The van der Waals surface area contributed by atoms with Gasteiger partial charge in [-0.25, -0.2) is 4.39 Å². The molecular formula is C26H31FN2O2. The average molecular weight is 423 g/mol. The van der Waals surface area contributed by atoms with E-state index in [9.17, 15) is 9.50 Å². The third kappa shape index (κ3) is 7.37. The molecule has 1 unspecified atom stereocenters. The van der Waals surface area contributed by atoms with E-state index in [-0.39, 0.29) is 24.1 Å². The molecule has 0 saturated heterocycles. The molecule has 1 N–H and O–H groups in total. The Balaban J connectivity index is 1.59. The maximum atomic E-state index is 13.1. The Morgan fingerprint density at radius 2 is 2.13 bits per heavy atom. The summed E-state index contributed by atoms with van der Waals surface area (Å²) in [5.41, 5.74) is 3.79. The molecule has 5 heteroatoms. The third-order valence-corrected chi connectivity index (χ3v) is 5.44. The van der Waals surface area contributed by atoms with E-state index in [1.807, 2.05) is 24.4 Å². The molecule has 0 bridgehead atoms. The van der Waals surface area contributed by atoms with Gasteiger partial charge in [0.2, 0.25) is 0 Å². The van der Waals surface area contributed by atoms with Crippen molar-refractivity contribution in [2.75, 3.05) is 33.3 Å². The summed E-state index contributed by atoms with van der Waals surface area (Å²) >= 11 is 0. The molecule has 0 aromatic heterocycles. The number of benzene rings is 1. The largest absolute Gasteiger partial charge is 0.509 e. The van der Waals surface area contributed by atoms with Gasteiger partial charge in [0.15, 0.2) is 0 Å². The molecule has 0 amide bonds. The molecule has 1 aromatic rings. The lowest BCUT2D eigenvalue weighted by molar-refractivity contribution is 0.272. The van der Waals surface area contributed by atoms with Crippen molar-refractivity contribution in [2.45, 2.75) is 19.3 Å². The van der Waals surface area contributed by atoms with Gasteiger partial charge in [0.25, 0.3) is 0 Å². The van der Waals surface area contributed by atoms with Crippen LogP contribution < -0.4 is 4.74 Å². The average Bonchev–Trinajstić information content (AvgIpc) is 2.96. The van der Waals surface area contributed by atoms with Crippen LogP contribution in [0.25, 0.3) is 0 Å². The molecule has 1 aliphatic heterocycles. The molecule has 31 heavy (non-hydrogen) atoms. The number of rotatable bonds is 8. The summed E-state index contributed by atoms with van der Waals surface area (Å²) in [6.45, 7) is 6.34. The molecule has 2 aliphatic rings. The van der Waals surface area contributed by atoms with Crippen LogP contribution in [-0.2, 0) is 12.8 Å². The SMILES string of the molecule is C=C(O)COc1ccc2c(c1)CCN(C/C(C=NC)=C/C=C/C1C=CC(F)=CC1)CC2. The Morgan fingerprint density at radius 1 is 1.32 bits per heavy atom. The van der Waals surface area contributed by atoms with Gasteiger partial charge >= 0.3 is 0 Å². The summed E-state index contributed by atoms with van der Waals surface area (Å²) in [5.74, 6) is 0.870. The Kier molecular flexibility index (Phi) is 8.42. The van der Waals surface area contributed by atoms with E-state index in [2.05, 4.69) is 40.8 Å². The number of halogens is 1. The first-order valence-electron chi connectivity index (χ1n) is 10.7. The van der Waals surface area contributed by atoms with Crippen molar-refractivity contribution < 1.29 is 14.2 Å². The van der Waals surface area contributed by atoms with Gasteiger partial charge in [0, 0.05) is 32.9 Å². The van der Waals surface area contributed by atoms with Crippen molar-refractivity contribution in [3.8, 4) is 5.75 Å². The topological polar surface area (TPSA) is 45.1 Å². The van der Waals surface area contributed by atoms with Gasteiger partial charge in [-0.1, -0.05) is 36.9 Å². The van der Waals surface area contributed by atoms with Crippen molar-refractivity contribution in [3.05, 3.63) is 89.5 Å². The van der Waals surface area contributed by atoms with E-state index < -0.39 is 0 Å². The lowest BCUT2D eigenvalue weighted by atomic mass is 10.00. The molecule has 3 rings (SSSR count). The number of fused-ring (bicyclic) bond motifs is 1. The minimum absolute atomic E-state index is 0.0233. The van der Waals surface area contributed by atoms with Crippen molar-refractivity contribution >= 4 is 6.21 Å². The van der Waals surface area contributed by atoms with E-state index in [1.54, 1.807) is 13.1 Å². The van der Waals surface area contributed by atoms with Crippen molar-refractivity contribution in [1.29, 1.82) is 0 Å². The van der Waals surface area contributed by atoms with Gasteiger partial charge in [-0.2, -0.15) is 0 Å². The molecule has 1 aromatic carbocycles. The summed E-state index contributed by atoms with van der Waals surface area (Å²) in [6, 6.07) is 6.15. The van der Waals surface area contributed by atoms with Gasteiger partial charge in [-0.05, 0) is 66.2 Å². The predicted molar refractivity (Wildman–Crippen MR) is 126 cm³/mol. The number of ether oxygens (including phenoxy) is 1. The Bertz CT molecular complexity index is 927. The standard InChI is InChI=1S/C26H31FN2O2/c1-20(30)19-31-26-11-8-23-12-14-29(15-13-24(23)16-26)18-22(17-28-2)5-3-4-21-6-9-25(27)10-7-21/h3-6,8-11,16-17,21,30H,1,7,12-15,18-19H2,2H3/b4-3+,22-5+,28-17?. The van der Waals surface area contributed by atoms with E-state index in [0.29, 0.717) is 6.42 Å². The quantitative estimate of drug-likeness (QED) is 0.358. The second-order valence-electron chi connectivity index (χ2n) is 7.92. The van der Waals surface area contributed by atoms with E-state index in [0.717, 1.165) is 43.8 Å². The predicted octanol–water partition coefficient (Wildman–Crippen LogP) is 5.15. The number of aliphatic hydroxyl groups is 1. The maximum absolute atomic E-state index is 13.1. The zero-order valence-corrected chi connectivity index (χ0v) is 18.1. The molecule has 4 nitrogen and oxygen atoms in total. The van der Waals surface area contributed by atoms with Crippen LogP contribution in [0.2, 0.25) is 0 Å². The molecule has 0 radical (unpaired) electrons. The van der Waals surface area contributed by atoms with Crippen LogP contribution in [0.3, 0.4) is 0 Å². The first kappa shape index (κ1) is 22.8. The second kappa shape index (κ2) is 11.5. The highest BCUT2D eigenvalue weighted by molar-refractivity contribution is 5.79. The fraction of sp³-hybridized carbons (Fsp3) is 0.346. The number of allylic oxidation sites excluding steroid dienone is 7.